The molecular formula is C13H19N3OS. The summed E-state index contributed by atoms with van der Waals surface area (Å²) in [6, 6.07) is 5.69. The Bertz CT molecular complexity index is 446. The third kappa shape index (κ3) is 4.00. The molecule has 0 aliphatic heterocycles. The third-order valence-corrected chi connectivity index (χ3v) is 2.76. The van der Waals surface area contributed by atoms with Crippen LogP contribution in [0.5, 0.6) is 0 Å². The van der Waals surface area contributed by atoms with Crippen molar-refractivity contribution in [2.24, 2.45) is 0 Å². The van der Waals surface area contributed by atoms with E-state index in [1.54, 1.807) is 0 Å². The van der Waals surface area contributed by atoms with Crippen molar-refractivity contribution in [1.82, 2.24) is 5.32 Å². The lowest BCUT2D eigenvalue weighted by molar-refractivity contribution is -0.115. The fourth-order valence-corrected chi connectivity index (χ4v) is 1.73. The van der Waals surface area contributed by atoms with E-state index >= 15 is 0 Å². The molecule has 0 saturated heterocycles. The van der Waals surface area contributed by atoms with Crippen LogP contribution in [0.15, 0.2) is 18.2 Å². The number of amides is 1. The highest BCUT2D eigenvalue weighted by Gasteiger charge is 2.07. The van der Waals surface area contributed by atoms with Gasteiger partial charge in [0.15, 0.2) is 5.11 Å². The minimum absolute atomic E-state index is 0.00418. The maximum Gasteiger partial charge on any atom is 0.224 e. The number of hydrogen-bond donors (Lipinski definition) is 3. The standard InChI is InChI=1S/C13H19N3OS/c1-4-12(17)15-10-7-6-8-11(9(10)3)16-13(18)14-5-2/h6-8H,4-5H2,1-3H3,(H,15,17)(H2,14,16,18). The summed E-state index contributed by atoms with van der Waals surface area (Å²) >= 11 is 5.14. The van der Waals surface area contributed by atoms with E-state index in [-0.39, 0.29) is 5.91 Å². The maximum absolute atomic E-state index is 11.4. The highest BCUT2D eigenvalue weighted by atomic mass is 32.1. The van der Waals surface area contributed by atoms with Crippen molar-refractivity contribution >= 4 is 34.6 Å². The molecule has 0 aliphatic carbocycles. The first kappa shape index (κ1) is 14.4. The van der Waals surface area contributed by atoms with Crippen LogP contribution in [0.2, 0.25) is 0 Å². The monoisotopic (exact) mass is 265 g/mol. The second-order valence-corrected chi connectivity index (χ2v) is 4.27. The van der Waals surface area contributed by atoms with Crippen molar-refractivity contribution in [1.29, 1.82) is 0 Å². The van der Waals surface area contributed by atoms with Gasteiger partial charge in [-0.15, -0.1) is 0 Å². The van der Waals surface area contributed by atoms with E-state index in [1.165, 1.54) is 0 Å². The first-order valence-electron chi connectivity index (χ1n) is 6.02. The van der Waals surface area contributed by atoms with Gasteiger partial charge in [0.25, 0.3) is 0 Å². The molecule has 5 heteroatoms. The van der Waals surface area contributed by atoms with Gasteiger partial charge in [0.1, 0.15) is 0 Å². The maximum atomic E-state index is 11.4. The predicted octanol–water partition coefficient (Wildman–Crippen LogP) is 2.65. The number of carbonyl (C=O) groups excluding carboxylic acids is 1. The molecule has 3 N–H and O–H groups in total. The summed E-state index contributed by atoms with van der Waals surface area (Å²) in [5.74, 6) is 0.00418. The molecule has 18 heavy (non-hydrogen) atoms. The number of anilines is 2. The molecule has 0 unspecified atom stereocenters. The van der Waals surface area contributed by atoms with E-state index in [9.17, 15) is 4.79 Å². The largest absolute Gasteiger partial charge is 0.363 e. The summed E-state index contributed by atoms with van der Waals surface area (Å²) in [4.78, 5) is 11.4. The van der Waals surface area contributed by atoms with Crippen LogP contribution < -0.4 is 16.0 Å². The summed E-state index contributed by atoms with van der Waals surface area (Å²) in [6.45, 7) is 6.53. The molecule has 1 aromatic rings. The SMILES string of the molecule is CCNC(=S)Nc1cccc(NC(=O)CC)c1C. The van der Waals surface area contributed by atoms with E-state index in [0.29, 0.717) is 11.5 Å². The molecule has 0 aliphatic rings. The zero-order valence-electron chi connectivity index (χ0n) is 11.0. The Kier molecular flexibility index (Phi) is 5.58. The fourth-order valence-electron chi connectivity index (χ4n) is 1.47. The lowest BCUT2D eigenvalue weighted by Gasteiger charge is -2.14. The van der Waals surface area contributed by atoms with Gasteiger partial charge >= 0.3 is 0 Å². The topological polar surface area (TPSA) is 53.2 Å². The summed E-state index contributed by atoms with van der Waals surface area (Å²) < 4.78 is 0. The van der Waals surface area contributed by atoms with Crippen molar-refractivity contribution in [3.8, 4) is 0 Å². The molecule has 98 valence electrons. The Balaban J connectivity index is 2.84. The zero-order valence-corrected chi connectivity index (χ0v) is 11.8. The van der Waals surface area contributed by atoms with E-state index in [2.05, 4.69) is 16.0 Å². The van der Waals surface area contributed by atoms with Gasteiger partial charge in [-0.05, 0) is 43.8 Å². The van der Waals surface area contributed by atoms with Crippen LogP contribution in [0.1, 0.15) is 25.8 Å². The minimum atomic E-state index is 0.00418. The van der Waals surface area contributed by atoms with Crippen molar-refractivity contribution < 1.29 is 4.79 Å². The van der Waals surface area contributed by atoms with Gasteiger partial charge in [-0.1, -0.05) is 13.0 Å². The van der Waals surface area contributed by atoms with E-state index in [4.69, 9.17) is 12.2 Å². The summed E-state index contributed by atoms with van der Waals surface area (Å²) in [5.41, 5.74) is 2.68. The van der Waals surface area contributed by atoms with Crippen LogP contribution in [0.25, 0.3) is 0 Å². The third-order valence-electron chi connectivity index (χ3n) is 2.51. The Morgan fingerprint density at radius 3 is 2.39 bits per heavy atom. The lowest BCUT2D eigenvalue weighted by Crippen LogP contribution is -2.28. The van der Waals surface area contributed by atoms with Crippen molar-refractivity contribution in [3.05, 3.63) is 23.8 Å². The normalized spacial score (nSPS) is 9.72. The molecule has 0 bridgehead atoms. The molecule has 0 fully saturated rings. The number of thiocarbonyl (C=S) groups is 1. The molecule has 4 nitrogen and oxygen atoms in total. The van der Waals surface area contributed by atoms with Crippen LogP contribution in [0.4, 0.5) is 11.4 Å². The van der Waals surface area contributed by atoms with Gasteiger partial charge in [0.2, 0.25) is 5.91 Å². The van der Waals surface area contributed by atoms with Crippen molar-refractivity contribution in [3.63, 3.8) is 0 Å². The van der Waals surface area contributed by atoms with Gasteiger partial charge < -0.3 is 16.0 Å². The van der Waals surface area contributed by atoms with Crippen LogP contribution in [0, 0.1) is 6.92 Å². The Morgan fingerprint density at radius 1 is 1.22 bits per heavy atom. The Hall–Kier alpha value is -1.62. The van der Waals surface area contributed by atoms with Gasteiger partial charge in [-0.2, -0.15) is 0 Å². The van der Waals surface area contributed by atoms with Gasteiger partial charge in [0.05, 0.1) is 0 Å². The van der Waals surface area contributed by atoms with E-state index < -0.39 is 0 Å². The molecule has 0 atom stereocenters. The van der Waals surface area contributed by atoms with Gasteiger partial charge in [-0.3, -0.25) is 4.79 Å². The van der Waals surface area contributed by atoms with E-state index in [0.717, 1.165) is 23.5 Å². The number of benzene rings is 1. The van der Waals surface area contributed by atoms with Gasteiger partial charge in [0, 0.05) is 24.3 Å². The Labute approximate surface area is 113 Å². The summed E-state index contributed by atoms with van der Waals surface area (Å²) in [5, 5.41) is 9.58. The second kappa shape index (κ2) is 6.96. The molecule has 0 aromatic heterocycles. The van der Waals surface area contributed by atoms with Crippen molar-refractivity contribution in [2.75, 3.05) is 17.2 Å². The molecule has 1 aromatic carbocycles. The first-order chi connectivity index (χ1) is 8.58. The Morgan fingerprint density at radius 2 is 1.83 bits per heavy atom. The lowest BCUT2D eigenvalue weighted by atomic mass is 10.1. The highest BCUT2D eigenvalue weighted by molar-refractivity contribution is 7.80. The molecule has 0 spiro atoms. The van der Waals surface area contributed by atoms with Crippen LogP contribution in [0.3, 0.4) is 0 Å². The smallest absolute Gasteiger partial charge is 0.224 e. The fraction of sp³-hybridized carbons (Fsp3) is 0.385. The minimum Gasteiger partial charge on any atom is -0.363 e. The van der Waals surface area contributed by atoms with Gasteiger partial charge in [-0.25, -0.2) is 0 Å². The zero-order chi connectivity index (χ0) is 13.5. The molecule has 0 saturated carbocycles. The average molecular weight is 265 g/mol. The van der Waals surface area contributed by atoms with Crippen molar-refractivity contribution in [2.45, 2.75) is 27.2 Å². The molecule has 1 amide bonds. The van der Waals surface area contributed by atoms with Crippen LogP contribution in [-0.2, 0) is 4.79 Å². The quantitative estimate of drug-likeness (QED) is 0.733. The highest BCUT2D eigenvalue weighted by Crippen LogP contribution is 2.23. The summed E-state index contributed by atoms with van der Waals surface area (Å²) in [7, 11) is 0. The first-order valence-corrected chi connectivity index (χ1v) is 6.43. The number of rotatable bonds is 4. The molecule has 0 heterocycles. The van der Waals surface area contributed by atoms with Crippen LogP contribution in [-0.4, -0.2) is 17.6 Å². The van der Waals surface area contributed by atoms with Crippen LogP contribution >= 0.6 is 12.2 Å². The number of hydrogen-bond acceptors (Lipinski definition) is 2. The predicted molar refractivity (Wildman–Crippen MR) is 80.0 cm³/mol. The number of carbonyl (C=O) groups is 1. The molecule has 1 rings (SSSR count). The van der Waals surface area contributed by atoms with E-state index in [1.807, 2.05) is 39.0 Å². The molecule has 0 radical (unpaired) electrons. The molecular weight excluding hydrogens is 246 g/mol. The second-order valence-electron chi connectivity index (χ2n) is 3.86. The average Bonchev–Trinajstić information content (AvgIpc) is 2.34. The summed E-state index contributed by atoms with van der Waals surface area (Å²) in [6.07, 6.45) is 0.465. The number of nitrogens with one attached hydrogen (secondary N) is 3.